The molecule has 5 heteroatoms. The molecular weight excluding hydrogens is 160 g/mol. The lowest BCUT2D eigenvalue weighted by molar-refractivity contribution is 0.100. The summed E-state index contributed by atoms with van der Waals surface area (Å²) in [6.07, 6.45) is 1.15. The highest BCUT2D eigenvalue weighted by Crippen LogP contribution is 1.98. The fraction of sp³-hybridized carbons (Fsp3) is 0.286. The minimum Gasteiger partial charge on any atom is -0.503 e. The molecule has 1 aromatic rings. The van der Waals surface area contributed by atoms with Crippen LogP contribution in [0.5, 0.6) is 5.75 Å². The van der Waals surface area contributed by atoms with Crippen molar-refractivity contribution >= 4 is 5.78 Å². The summed E-state index contributed by atoms with van der Waals surface area (Å²) in [5.74, 6) is -0.913. The first-order valence-electron chi connectivity index (χ1n) is 3.30. The molecule has 0 fully saturated rings. The summed E-state index contributed by atoms with van der Waals surface area (Å²) < 4.78 is 1.22. The molecular formula is C7H8N2O3. The van der Waals surface area contributed by atoms with E-state index < -0.39 is 17.0 Å². The van der Waals surface area contributed by atoms with Crippen LogP contribution in [-0.2, 0) is 7.05 Å². The SMILES string of the molecule is CC(=O)c1nn(C)cc(O)c1=O. The van der Waals surface area contributed by atoms with Crippen LogP contribution in [0.25, 0.3) is 0 Å². The van der Waals surface area contributed by atoms with Gasteiger partial charge in [-0.15, -0.1) is 0 Å². The number of nitrogens with zero attached hydrogens (tertiary/aromatic N) is 2. The number of aryl methyl sites for hydroxylation is 1. The van der Waals surface area contributed by atoms with Crippen LogP contribution in [0.4, 0.5) is 0 Å². The summed E-state index contributed by atoms with van der Waals surface area (Å²) >= 11 is 0. The third-order valence-corrected chi connectivity index (χ3v) is 1.35. The average Bonchev–Trinajstić information content (AvgIpc) is 1.96. The maximum absolute atomic E-state index is 11.0. The molecule has 1 N–H and O–H groups in total. The molecule has 0 aliphatic heterocycles. The summed E-state index contributed by atoms with van der Waals surface area (Å²) in [5, 5.41) is 12.6. The molecule has 5 nitrogen and oxygen atoms in total. The van der Waals surface area contributed by atoms with E-state index in [0.29, 0.717) is 0 Å². The number of rotatable bonds is 1. The smallest absolute Gasteiger partial charge is 0.252 e. The Kier molecular flexibility index (Phi) is 1.95. The zero-order valence-corrected chi connectivity index (χ0v) is 6.74. The van der Waals surface area contributed by atoms with Crippen molar-refractivity contribution < 1.29 is 9.90 Å². The maximum Gasteiger partial charge on any atom is 0.252 e. The van der Waals surface area contributed by atoms with Crippen LogP contribution in [0, 0.1) is 0 Å². The second kappa shape index (κ2) is 2.77. The van der Waals surface area contributed by atoms with Crippen molar-refractivity contribution in [3.8, 4) is 5.75 Å². The predicted molar refractivity (Wildman–Crippen MR) is 41.1 cm³/mol. The van der Waals surface area contributed by atoms with Crippen molar-refractivity contribution in [2.24, 2.45) is 7.05 Å². The second-order valence-electron chi connectivity index (χ2n) is 2.42. The number of carbonyl (C=O) groups is 1. The monoisotopic (exact) mass is 168 g/mol. The summed E-state index contributed by atoms with van der Waals surface area (Å²) in [5.41, 5.74) is -0.960. The van der Waals surface area contributed by atoms with E-state index in [0.717, 1.165) is 6.20 Å². The van der Waals surface area contributed by atoms with Crippen molar-refractivity contribution in [2.75, 3.05) is 0 Å². The van der Waals surface area contributed by atoms with Gasteiger partial charge in [-0.05, 0) is 0 Å². The Labute approximate surface area is 68.3 Å². The fourth-order valence-corrected chi connectivity index (χ4v) is 0.819. The van der Waals surface area contributed by atoms with Gasteiger partial charge in [-0.2, -0.15) is 5.10 Å². The lowest BCUT2D eigenvalue weighted by atomic mass is 10.3. The Morgan fingerprint density at radius 2 is 2.25 bits per heavy atom. The van der Waals surface area contributed by atoms with Gasteiger partial charge in [0.2, 0.25) is 0 Å². The Morgan fingerprint density at radius 3 is 2.75 bits per heavy atom. The van der Waals surface area contributed by atoms with Gasteiger partial charge >= 0.3 is 0 Å². The van der Waals surface area contributed by atoms with Crippen LogP contribution in [0.1, 0.15) is 17.4 Å². The van der Waals surface area contributed by atoms with Gasteiger partial charge in [0.15, 0.2) is 17.2 Å². The van der Waals surface area contributed by atoms with E-state index in [1.807, 2.05) is 0 Å². The van der Waals surface area contributed by atoms with E-state index in [4.69, 9.17) is 5.11 Å². The minimum absolute atomic E-state index is 0.238. The van der Waals surface area contributed by atoms with E-state index in [1.54, 1.807) is 0 Å². The van der Waals surface area contributed by atoms with Crippen LogP contribution in [-0.4, -0.2) is 20.7 Å². The van der Waals surface area contributed by atoms with E-state index in [1.165, 1.54) is 18.7 Å². The molecule has 12 heavy (non-hydrogen) atoms. The van der Waals surface area contributed by atoms with Crippen LogP contribution >= 0.6 is 0 Å². The maximum atomic E-state index is 11.0. The highest BCUT2D eigenvalue weighted by atomic mass is 16.3. The standard InChI is InChI=1S/C7H8N2O3/c1-4(10)6-7(12)5(11)3-9(2)8-6/h3,11H,1-2H3. The van der Waals surface area contributed by atoms with Crippen molar-refractivity contribution in [1.82, 2.24) is 9.78 Å². The molecule has 1 heterocycles. The second-order valence-corrected chi connectivity index (χ2v) is 2.42. The summed E-state index contributed by atoms with van der Waals surface area (Å²) in [7, 11) is 1.52. The molecule has 1 rings (SSSR count). The number of Topliss-reactive ketones (excluding diaryl/α,β-unsaturated/α-hetero) is 1. The minimum atomic E-state index is -0.722. The normalized spacial score (nSPS) is 9.83. The third-order valence-electron chi connectivity index (χ3n) is 1.35. The van der Waals surface area contributed by atoms with Crippen molar-refractivity contribution in [3.63, 3.8) is 0 Å². The first-order valence-corrected chi connectivity index (χ1v) is 3.30. The molecule has 0 aliphatic rings. The largest absolute Gasteiger partial charge is 0.503 e. The number of ketones is 1. The number of hydrogen-bond acceptors (Lipinski definition) is 4. The molecule has 0 unspecified atom stereocenters. The zero-order chi connectivity index (χ0) is 9.30. The average molecular weight is 168 g/mol. The highest BCUT2D eigenvalue weighted by molar-refractivity contribution is 5.92. The quantitative estimate of drug-likeness (QED) is 0.584. The van der Waals surface area contributed by atoms with E-state index in [9.17, 15) is 9.59 Å². The molecule has 0 bridgehead atoms. The Bertz CT molecular complexity index is 381. The van der Waals surface area contributed by atoms with Gasteiger partial charge in [0.25, 0.3) is 5.43 Å². The van der Waals surface area contributed by atoms with Crippen molar-refractivity contribution in [2.45, 2.75) is 6.92 Å². The third kappa shape index (κ3) is 1.34. The van der Waals surface area contributed by atoms with Crippen LogP contribution < -0.4 is 5.43 Å². The highest BCUT2D eigenvalue weighted by Gasteiger charge is 2.10. The number of hydrogen-bond donors (Lipinski definition) is 1. The topological polar surface area (TPSA) is 72.2 Å². The number of carbonyl (C=O) groups excluding carboxylic acids is 1. The molecule has 0 aliphatic carbocycles. The van der Waals surface area contributed by atoms with Gasteiger partial charge in [-0.1, -0.05) is 0 Å². The van der Waals surface area contributed by atoms with Gasteiger partial charge < -0.3 is 5.11 Å². The molecule has 64 valence electrons. The number of aromatic nitrogens is 2. The first kappa shape index (κ1) is 8.45. The van der Waals surface area contributed by atoms with Crippen LogP contribution in [0.3, 0.4) is 0 Å². The molecule has 1 aromatic heterocycles. The lowest BCUT2D eigenvalue weighted by Crippen LogP contribution is -2.18. The molecule has 0 amide bonds. The van der Waals surface area contributed by atoms with Gasteiger partial charge in [-0.25, -0.2) is 0 Å². The molecule has 0 spiro atoms. The van der Waals surface area contributed by atoms with Gasteiger partial charge in [0.05, 0.1) is 6.20 Å². The zero-order valence-electron chi connectivity index (χ0n) is 6.74. The first-order chi connectivity index (χ1) is 5.52. The van der Waals surface area contributed by atoms with E-state index in [-0.39, 0.29) is 5.69 Å². The Morgan fingerprint density at radius 1 is 1.67 bits per heavy atom. The van der Waals surface area contributed by atoms with E-state index in [2.05, 4.69) is 5.10 Å². The van der Waals surface area contributed by atoms with Gasteiger partial charge in [0.1, 0.15) is 0 Å². The molecule has 0 saturated heterocycles. The van der Waals surface area contributed by atoms with E-state index >= 15 is 0 Å². The van der Waals surface area contributed by atoms with Crippen LogP contribution in [0.15, 0.2) is 11.0 Å². The lowest BCUT2D eigenvalue weighted by Gasteiger charge is -1.99. The molecule has 0 radical (unpaired) electrons. The Balaban J connectivity index is 3.49. The van der Waals surface area contributed by atoms with Gasteiger partial charge in [-0.3, -0.25) is 14.3 Å². The van der Waals surface area contributed by atoms with Gasteiger partial charge in [0, 0.05) is 14.0 Å². The summed E-state index contributed by atoms with van der Waals surface area (Å²) in [4.78, 5) is 21.8. The summed E-state index contributed by atoms with van der Waals surface area (Å²) in [6, 6.07) is 0. The molecule has 0 saturated carbocycles. The fourth-order valence-electron chi connectivity index (χ4n) is 0.819. The summed E-state index contributed by atoms with van der Waals surface area (Å²) in [6.45, 7) is 1.23. The number of aromatic hydroxyl groups is 1. The van der Waals surface area contributed by atoms with Crippen molar-refractivity contribution in [1.29, 1.82) is 0 Å². The molecule has 0 atom stereocenters. The van der Waals surface area contributed by atoms with Crippen LogP contribution in [0.2, 0.25) is 0 Å². The predicted octanol–water partition coefficient (Wildman–Crippen LogP) is -0.312. The van der Waals surface area contributed by atoms with Crippen molar-refractivity contribution in [3.05, 3.63) is 22.1 Å². The molecule has 0 aromatic carbocycles. The Hall–Kier alpha value is -1.65.